The molecule has 8 nitrogen and oxygen atoms in total. The molecule has 2 aliphatic rings. The SMILES string of the molecule is C[C@H]1CCC[C@H](C)N1C(=O)Cn1cc(/C=C(\C#N)C(=O)NCc2ccc3c(c2)OCO3)c2ccccc21. The molecule has 190 valence electrons. The lowest BCUT2D eigenvalue weighted by Gasteiger charge is -2.39. The van der Waals surface area contributed by atoms with Gasteiger partial charge in [0, 0.05) is 41.3 Å². The first kappa shape index (κ1) is 24.4. The van der Waals surface area contributed by atoms with Crippen molar-refractivity contribution in [3.63, 3.8) is 0 Å². The summed E-state index contributed by atoms with van der Waals surface area (Å²) < 4.78 is 12.6. The smallest absolute Gasteiger partial charge is 0.262 e. The standard InChI is InChI=1S/C29H30N4O4/c1-19-6-5-7-20(2)33(19)28(34)17-32-16-23(24-8-3-4-9-25(24)32)13-22(14-30)29(35)31-15-21-10-11-26-27(12-21)37-18-36-26/h3-4,8-13,16,19-20H,5-7,15,17-18H2,1-2H3,(H,31,35)/b22-13+/t19-,20-/m0/s1. The van der Waals surface area contributed by atoms with Gasteiger partial charge in [-0.05, 0) is 62.9 Å². The summed E-state index contributed by atoms with van der Waals surface area (Å²) in [5, 5.41) is 13.4. The third-order valence-corrected chi connectivity index (χ3v) is 7.16. The Morgan fingerprint density at radius 1 is 1.11 bits per heavy atom. The van der Waals surface area contributed by atoms with Gasteiger partial charge < -0.3 is 24.3 Å². The number of carbonyl (C=O) groups excluding carboxylic acids is 2. The molecule has 3 aromatic rings. The first-order valence-corrected chi connectivity index (χ1v) is 12.6. The number of aromatic nitrogens is 1. The average molecular weight is 499 g/mol. The zero-order valence-corrected chi connectivity index (χ0v) is 21.1. The zero-order chi connectivity index (χ0) is 25.9. The number of benzene rings is 2. The van der Waals surface area contributed by atoms with Crippen LogP contribution >= 0.6 is 0 Å². The molecular weight excluding hydrogens is 468 g/mol. The number of para-hydroxylation sites is 1. The first-order chi connectivity index (χ1) is 17.9. The average Bonchev–Trinajstić information content (AvgIpc) is 3.50. The van der Waals surface area contributed by atoms with E-state index in [4.69, 9.17) is 9.47 Å². The second kappa shape index (κ2) is 10.4. The van der Waals surface area contributed by atoms with E-state index >= 15 is 0 Å². The third-order valence-electron chi connectivity index (χ3n) is 7.16. The Morgan fingerprint density at radius 3 is 2.65 bits per heavy atom. The summed E-state index contributed by atoms with van der Waals surface area (Å²) in [4.78, 5) is 28.1. The van der Waals surface area contributed by atoms with E-state index in [1.165, 1.54) is 0 Å². The Balaban J connectivity index is 1.35. The number of hydrogen-bond acceptors (Lipinski definition) is 5. The summed E-state index contributed by atoms with van der Waals surface area (Å²) >= 11 is 0. The lowest BCUT2D eigenvalue weighted by molar-refractivity contribution is -0.137. The van der Waals surface area contributed by atoms with Gasteiger partial charge in [0.25, 0.3) is 5.91 Å². The van der Waals surface area contributed by atoms with Gasteiger partial charge in [-0.15, -0.1) is 0 Å². The molecule has 0 bridgehead atoms. The molecule has 0 radical (unpaired) electrons. The minimum atomic E-state index is -0.468. The maximum atomic E-state index is 13.3. The summed E-state index contributed by atoms with van der Waals surface area (Å²) in [6.45, 7) is 4.85. The second-order valence-corrected chi connectivity index (χ2v) is 9.70. The van der Waals surface area contributed by atoms with E-state index in [1.54, 1.807) is 12.1 Å². The second-order valence-electron chi connectivity index (χ2n) is 9.70. The van der Waals surface area contributed by atoms with Gasteiger partial charge in [-0.25, -0.2) is 0 Å². The molecule has 37 heavy (non-hydrogen) atoms. The molecule has 3 heterocycles. The topological polar surface area (TPSA) is 96.6 Å². The third kappa shape index (κ3) is 5.03. The van der Waals surface area contributed by atoms with E-state index in [-0.39, 0.29) is 43.4 Å². The monoisotopic (exact) mass is 498 g/mol. The molecule has 2 aliphatic heterocycles. The lowest BCUT2D eigenvalue weighted by atomic mass is 9.97. The van der Waals surface area contributed by atoms with Crippen molar-refractivity contribution in [1.82, 2.24) is 14.8 Å². The predicted octanol–water partition coefficient (Wildman–Crippen LogP) is 4.38. The Bertz CT molecular complexity index is 1410. The fourth-order valence-electron chi connectivity index (χ4n) is 5.29. The fourth-order valence-corrected chi connectivity index (χ4v) is 5.29. The molecule has 0 aliphatic carbocycles. The highest BCUT2D eigenvalue weighted by atomic mass is 16.7. The normalized spacial score (nSPS) is 19.1. The molecule has 2 atom stereocenters. The predicted molar refractivity (Wildman–Crippen MR) is 140 cm³/mol. The molecule has 5 rings (SSSR count). The van der Waals surface area contributed by atoms with Crippen LogP contribution in [0, 0.1) is 11.3 Å². The molecule has 2 amide bonds. The Kier molecular flexibility index (Phi) is 6.87. The lowest BCUT2D eigenvalue weighted by Crippen LogP contribution is -2.48. The maximum absolute atomic E-state index is 13.3. The van der Waals surface area contributed by atoms with Crippen LogP contribution in [0.2, 0.25) is 0 Å². The Labute approximate surface area is 216 Å². The van der Waals surface area contributed by atoms with Crippen LogP contribution in [0.3, 0.4) is 0 Å². The maximum Gasteiger partial charge on any atom is 0.262 e. The van der Waals surface area contributed by atoms with Gasteiger partial charge in [-0.2, -0.15) is 5.26 Å². The Hall–Kier alpha value is -4.25. The van der Waals surface area contributed by atoms with E-state index in [0.717, 1.165) is 41.3 Å². The number of nitriles is 1. The number of hydrogen-bond donors (Lipinski definition) is 1. The number of carbonyl (C=O) groups is 2. The van der Waals surface area contributed by atoms with Crippen molar-refractivity contribution in [2.24, 2.45) is 0 Å². The van der Waals surface area contributed by atoms with Crippen LogP contribution in [0.5, 0.6) is 11.5 Å². The van der Waals surface area contributed by atoms with Crippen LogP contribution < -0.4 is 14.8 Å². The van der Waals surface area contributed by atoms with Crippen molar-refractivity contribution >= 4 is 28.8 Å². The number of nitrogens with zero attached hydrogens (tertiary/aromatic N) is 3. The molecule has 1 aromatic heterocycles. The molecule has 1 N–H and O–H groups in total. The molecule has 0 saturated carbocycles. The fraction of sp³-hybridized carbons (Fsp3) is 0.345. The highest BCUT2D eigenvalue weighted by molar-refractivity contribution is 6.04. The number of piperidine rings is 1. The molecule has 2 aromatic carbocycles. The van der Waals surface area contributed by atoms with Gasteiger partial charge in [-0.3, -0.25) is 9.59 Å². The number of rotatable bonds is 6. The largest absolute Gasteiger partial charge is 0.454 e. The molecule has 1 fully saturated rings. The highest BCUT2D eigenvalue weighted by Crippen LogP contribution is 2.32. The first-order valence-electron chi connectivity index (χ1n) is 12.6. The summed E-state index contributed by atoms with van der Waals surface area (Å²) in [6.07, 6.45) is 6.61. The van der Waals surface area contributed by atoms with Gasteiger partial charge in [0.2, 0.25) is 12.7 Å². The van der Waals surface area contributed by atoms with Crippen LogP contribution in [-0.4, -0.2) is 40.2 Å². The van der Waals surface area contributed by atoms with Gasteiger partial charge in [0.05, 0.1) is 0 Å². The van der Waals surface area contributed by atoms with Crippen LogP contribution in [0.15, 0.2) is 54.2 Å². The summed E-state index contributed by atoms with van der Waals surface area (Å²) in [6, 6.07) is 15.6. The molecule has 0 unspecified atom stereocenters. The van der Waals surface area contributed by atoms with E-state index in [1.807, 2.05) is 58.1 Å². The van der Waals surface area contributed by atoms with Crippen molar-refractivity contribution < 1.29 is 19.1 Å². The van der Waals surface area contributed by atoms with Crippen LogP contribution in [0.1, 0.15) is 44.2 Å². The van der Waals surface area contributed by atoms with Gasteiger partial charge >= 0.3 is 0 Å². The molecular formula is C29H30N4O4. The number of amides is 2. The van der Waals surface area contributed by atoms with Crippen LogP contribution in [0.25, 0.3) is 17.0 Å². The molecule has 8 heteroatoms. The summed E-state index contributed by atoms with van der Waals surface area (Å²) in [5.41, 5.74) is 2.44. The summed E-state index contributed by atoms with van der Waals surface area (Å²) in [7, 11) is 0. The van der Waals surface area contributed by atoms with Crippen molar-refractivity contribution in [3.8, 4) is 17.6 Å². The zero-order valence-electron chi connectivity index (χ0n) is 21.1. The van der Waals surface area contributed by atoms with Crippen LogP contribution in [0.4, 0.5) is 0 Å². The van der Waals surface area contributed by atoms with E-state index in [2.05, 4.69) is 19.2 Å². The van der Waals surface area contributed by atoms with E-state index in [9.17, 15) is 14.9 Å². The van der Waals surface area contributed by atoms with Gasteiger partial charge in [0.1, 0.15) is 18.2 Å². The van der Waals surface area contributed by atoms with Gasteiger partial charge in [-0.1, -0.05) is 24.3 Å². The van der Waals surface area contributed by atoms with Crippen LogP contribution in [-0.2, 0) is 22.7 Å². The van der Waals surface area contributed by atoms with Crippen molar-refractivity contribution in [1.29, 1.82) is 5.26 Å². The molecule has 0 spiro atoms. The number of fused-ring (bicyclic) bond motifs is 2. The minimum Gasteiger partial charge on any atom is -0.454 e. The number of likely N-dealkylation sites (tertiary alicyclic amines) is 1. The van der Waals surface area contributed by atoms with E-state index in [0.29, 0.717) is 11.5 Å². The van der Waals surface area contributed by atoms with E-state index < -0.39 is 5.91 Å². The quantitative estimate of drug-likeness (QED) is 0.402. The Morgan fingerprint density at radius 2 is 1.86 bits per heavy atom. The summed E-state index contributed by atoms with van der Waals surface area (Å²) in [5.74, 6) is 0.923. The number of ether oxygens (including phenoxy) is 2. The van der Waals surface area contributed by atoms with Gasteiger partial charge in [0.15, 0.2) is 11.5 Å². The highest BCUT2D eigenvalue weighted by Gasteiger charge is 2.29. The van der Waals surface area contributed by atoms with Crippen molar-refractivity contribution in [3.05, 3.63) is 65.4 Å². The van der Waals surface area contributed by atoms with Crippen molar-refractivity contribution in [2.45, 2.75) is 58.3 Å². The number of nitrogens with one attached hydrogen (secondary N) is 1. The molecule has 1 saturated heterocycles. The van der Waals surface area contributed by atoms with Crippen molar-refractivity contribution in [2.75, 3.05) is 6.79 Å². The minimum absolute atomic E-state index is 0.00625.